The minimum absolute atomic E-state index is 0.420. The van der Waals surface area contributed by atoms with E-state index in [0.717, 1.165) is 45.0 Å². The van der Waals surface area contributed by atoms with Gasteiger partial charge in [-0.15, -0.1) is 0 Å². The summed E-state index contributed by atoms with van der Waals surface area (Å²) in [6.45, 7) is 16.0. The maximum atomic E-state index is 11.6. The summed E-state index contributed by atoms with van der Waals surface area (Å²) in [5, 5.41) is 0. The van der Waals surface area contributed by atoms with Crippen molar-refractivity contribution in [2.24, 2.45) is 10.7 Å². The number of primary amides is 1. The van der Waals surface area contributed by atoms with Crippen LogP contribution in [0.3, 0.4) is 0 Å². The van der Waals surface area contributed by atoms with Crippen molar-refractivity contribution < 1.29 is 4.79 Å². The summed E-state index contributed by atoms with van der Waals surface area (Å²) in [5.74, 6) is -0.420. The monoisotopic (exact) mass is 356 g/mol. The van der Waals surface area contributed by atoms with Gasteiger partial charge in [0.15, 0.2) is 0 Å². The van der Waals surface area contributed by atoms with Crippen molar-refractivity contribution in [1.29, 1.82) is 0 Å². The number of allylic oxidation sites excluding steroid dienone is 2. The Hall–Kier alpha value is -2.07. The highest BCUT2D eigenvalue weighted by Crippen LogP contribution is 2.35. The van der Waals surface area contributed by atoms with E-state index < -0.39 is 5.91 Å². The van der Waals surface area contributed by atoms with Gasteiger partial charge in [0, 0.05) is 16.2 Å². The van der Waals surface area contributed by atoms with E-state index in [2.05, 4.69) is 43.6 Å². The lowest BCUT2D eigenvalue weighted by atomic mass is 10.0. The molecule has 0 radical (unpaired) electrons. The first-order valence-electron chi connectivity index (χ1n) is 8.34. The number of hydrogen-bond acceptors (Lipinski definition) is 3. The van der Waals surface area contributed by atoms with E-state index in [1.807, 2.05) is 33.8 Å². The van der Waals surface area contributed by atoms with E-state index in [4.69, 9.17) is 5.73 Å². The Morgan fingerprint density at radius 3 is 2.40 bits per heavy atom. The summed E-state index contributed by atoms with van der Waals surface area (Å²) < 4.78 is 0. The maximum Gasteiger partial charge on any atom is 0.255 e. The van der Waals surface area contributed by atoms with Gasteiger partial charge in [0.05, 0.1) is 10.6 Å². The average molecular weight is 357 g/mol. The van der Waals surface area contributed by atoms with Crippen molar-refractivity contribution in [2.45, 2.75) is 48.0 Å². The molecule has 4 heteroatoms. The smallest absolute Gasteiger partial charge is 0.255 e. The van der Waals surface area contributed by atoms with Crippen LogP contribution in [0.25, 0.3) is 10.6 Å². The summed E-state index contributed by atoms with van der Waals surface area (Å²) in [7, 11) is 0. The van der Waals surface area contributed by atoms with Crippen LogP contribution in [0.5, 0.6) is 0 Å². The fraction of sp³-hybridized carbons (Fsp3) is 0.333. The van der Waals surface area contributed by atoms with Crippen LogP contribution >= 0.6 is 11.8 Å². The van der Waals surface area contributed by atoms with Gasteiger partial charge in [-0.3, -0.25) is 9.79 Å². The minimum Gasteiger partial charge on any atom is -0.365 e. The van der Waals surface area contributed by atoms with Crippen molar-refractivity contribution in [1.82, 2.24) is 0 Å². The molecular weight excluding hydrogens is 328 g/mol. The number of amides is 1. The normalized spacial score (nSPS) is 11.0. The maximum absolute atomic E-state index is 11.6. The van der Waals surface area contributed by atoms with Crippen molar-refractivity contribution in [3.05, 3.63) is 58.0 Å². The zero-order valence-electron chi connectivity index (χ0n) is 16.1. The van der Waals surface area contributed by atoms with Crippen LogP contribution in [0.1, 0.15) is 57.7 Å². The first kappa shape index (κ1) is 21.0. The molecule has 1 rings (SSSR count). The summed E-state index contributed by atoms with van der Waals surface area (Å²) in [6.07, 6.45) is 3.04. The van der Waals surface area contributed by atoms with Gasteiger partial charge in [0.1, 0.15) is 0 Å². The summed E-state index contributed by atoms with van der Waals surface area (Å²) in [6, 6.07) is 6.17. The molecule has 0 heterocycles. The van der Waals surface area contributed by atoms with Crippen LogP contribution in [0.15, 0.2) is 46.3 Å². The second-order valence-corrected chi connectivity index (χ2v) is 7.41. The number of carbonyl (C=O) groups excluding carboxylic acids is 1. The van der Waals surface area contributed by atoms with E-state index >= 15 is 0 Å². The van der Waals surface area contributed by atoms with Crippen LogP contribution in [0.2, 0.25) is 0 Å². The largest absolute Gasteiger partial charge is 0.365 e. The van der Waals surface area contributed by atoms with Gasteiger partial charge in [-0.25, -0.2) is 0 Å². The number of nitrogens with two attached hydrogens (primary N) is 1. The van der Waals surface area contributed by atoms with Crippen molar-refractivity contribution in [3.8, 4) is 0 Å². The van der Waals surface area contributed by atoms with Gasteiger partial charge in [0.2, 0.25) is 0 Å². The molecule has 3 nitrogen and oxygen atoms in total. The molecule has 134 valence electrons. The van der Waals surface area contributed by atoms with Crippen LogP contribution in [-0.2, 0) is 4.79 Å². The Morgan fingerprint density at radius 1 is 1.28 bits per heavy atom. The molecule has 0 saturated carbocycles. The third-order valence-electron chi connectivity index (χ3n) is 3.48. The quantitative estimate of drug-likeness (QED) is 0.502. The number of rotatable bonds is 7. The Morgan fingerprint density at radius 2 is 1.92 bits per heavy atom. The third kappa shape index (κ3) is 6.05. The van der Waals surface area contributed by atoms with Gasteiger partial charge in [-0.05, 0) is 58.2 Å². The predicted molar refractivity (Wildman–Crippen MR) is 112 cm³/mol. The number of carbonyl (C=O) groups is 1. The highest BCUT2D eigenvalue weighted by molar-refractivity contribution is 8.12. The summed E-state index contributed by atoms with van der Waals surface area (Å²) in [5.41, 5.74) is 11.6. The van der Waals surface area contributed by atoms with Gasteiger partial charge >= 0.3 is 0 Å². The molecule has 1 aromatic rings. The number of aryl methyl sites for hydroxylation is 1. The summed E-state index contributed by atoms with van der Waals surface area (Å²) in [4.78, 5) is 17.6. The highest BCUT2D eigenvalue weighted by atomic mass is 32.2. The molecule has 0 aliphatic rings. The fourth-order valence-corrected chi connectivity index (χ4v) is 3.10. The molecule has 0 unspecified atom stereocenters. The summed E-state index contributed by atoms with van der Waals surface area (Å²) >= 11 is 1.32. The average Bonchev–Trinajstić information content (AvgIpc) is 2.51. The minimum atomic E-state index is -0.420. The molecule has 2 N–H and O–H groups in total. The first-order chi connectivity index (χ1) is 11.7. The molecule has 1 amide bonds. The highest BCUT2D eigenvalue weighted by Gasteiger charge is 2.13. The topological polar surface area (TPSA) is 55.5 Å². The Labute approximate surface area is 155 Å². The lowest BCUT2D eigenvalue weighted by molar-refractivity contribution is -0.113. The molecule has 0 bridgehead atoms. The number of hydrogen-bond donors (Lipinski definition) is 1. The molecule has 0 atom stereocenters. The Balaban J connectivity index is 3.31. The number of thioether (sulfide) groups is 1. The lowest BCUT2D eigenvalue weighted by Gasteiger charge is -2.13. The Kier molecular flexibility index (Phi) is 7.91. The number of benzene rings is 1. The van der Waals surface area contributed by atoms with Crippen LogP contribution in [-0.4, -0.2) is 11.6 Å². The van der Waals surface area contributed by atoms with Crippen LogP contribution < -0.4 is 5.73 Å². The zero-order valence-corrected chi connectivity index (χ0v) is 16.9. The van der Waals surface area contributed by atoms with E-state index in [0.29, 0.717) is 4.91 Å². The second kappa shape index (κ2) is 9.42. The second-order valence-electron chi connectivity index (χ2n) is 6.30. The van der Waals surface area contributed by atoms with E-state index in [-0.39, 0.29) is 0 Å². The van der Waals surface area contributed by atoms with E-state index in [1.165, 1.54) is 11.8 Å². The third-order valence-corrected chi connectivity index (χ3v) is 4.78. The van der Waals surface area contributed by atoms with Gasteiger partial charge in [-0.1, -0.05) is 49.0 Å². The van der Waals surface area contributed by atoms with E-state index in [1.54, 1.807) is 0 Å². The van der Waals surface area contributed by atoms with Gasteiger partial charge in [0.25, 0.3) is 5.91 Å². The molecule has 0 aliphatic carbocycles. The van der Waals surface area contributed by atoms with Gasteiger partial charge < -0.3 is 5.73 Å². The zero-order chi connectivity index (χ0) is 19.1. The SMILES string of the molecule is C=C(SC(C(N)=O)=C(C)C)c1ccc(C)c(/C(=C/CC)N=C(C)C)c1. The van der Waals surface area contributed by atoms with Crippen LogP contribution in [0, 0.1) is 6.92 Å². The van der Waals surface area contributed by atoms with Crippen LogP contribution in [0.4, 0.5) is 0 Å². The number of nitrogens with zero attached hydrogens (tertiary/aromatic N) is 1. The molecule has 1 aromatic carbocycles. The lowest BCUT2D eigenvalue weighted by Crippen LogP contribution is -2.12. The van der Waals surface area contributed by atoms with E-state index in [9.17, 15) is 4.79 Å². The standard InChI is InChI=1S/C21H28N2OS/c1-8-9-19(23-14(4)5)18-12-17(11-10-15(18)6)16(7)25-20(13(2)3)21(22)24/h9-12H,7-8H2,1-6H3,(H2,22,24)/b19-9-. The molecule has 0 aromatic heterocycles. The molecule has 0 spiro atoms. The van der Waals surface area contributed by atoms with Crippen molar-refractivity contribution in [3.63, 3.8) is 0 Å². The predicted octanol–water partition coefficient (Wildman–Crippen LogP) is 5.71. The van der Waals surface area contributed by atoms with Crippen molar-refractivity contribution >= 4 is 34.0 Å². The first-order valence-corrected chi connectivity index (χ1v) is 9.16. The van der Waals surface area contributed by atoms with Crippen molar-refractivity contribution in [2.75, 3.05) is 0 Å². The molecular formula is C21H28N2OS. The Bertz CT molecular complexity index is 762. The molecule has 25 heavy (non-hydrogen) atoms. The fourth-order valence-electron chi connectivity index (χ4n) is 2.30. The molecule has 0 saturated heterocycles. The molecule has 0 aliphatic heterocycles. The van der Waals surface area contributed by atoms with Gasteiger partial charge in [-0.2, -0.15) is 0 Å². The molecule has 0 fully saturated rings. The number of aliphatic imine (C=N–C) groups is 1.